The van der Waals surface area contributed by atoms with E-state index in [2.05, 4.69) is 60.6 Å². The van der Waals surface area contributed by atoms with Crippen molar-refractivity contribution in [2.45, 2.75) is 85.5 Å². The van der Waals surface area contributed by atoms with E-state index in [4.69, 9.17) is 0 Å². The Kier molecular flexibility index (Phi) is 6.10. The van der Waals surface area contributed by atoms with Gasteiger partial charge in [0, 0.05) is 0 Å². The van der Waals surface area contributed by atoms with Gasteiger partial charge in [-0.2, -0.15) is 0 Å². The van der Waals surface area contributed by atoms with Gasteiger partial charge in [-0.1, -0.05) is 53.7 Å². The van der Waals surface area contributed by atoms with Crippen LogP contribution in [-0.4, -0.2) is 0 Å². The van der Waals surface area contributed by atoms with Gasteiger partial charge in [0.2, 0.25) is 0 Å². The number of rotatable bonds is 6. The van der Waals surface area contributed by atoms with Crippen molar-refractivity contribution in [1.29, 1.82) is 0 Å². The van der Waals surface area contributed by atoms with E-state index in [0.29, 0.717) is 17.8 Å². The van der Waals surface area contributed by atoms with Crippen LogP contribution in [0.4, 0.5) is 0 Å². The Labute approximate surface area is 120 Å². The van der Waals surface area contributed by atoms with Crippen molar-refractivity contribution in [2.75, 3.05) is 0 Å². The van der Waals surface area contributed by atoms with Crippen molar-refractivity contribution < 1.29 is 0 Å². The molecule has 1 aromatic carbocycles. The fourth-order valence-electron chi connectivity index (χ4n) is 2.77. The Morgan fingerprint density at radius 1 is 0.737 bits per heavy atom. The van der Waals surface area contributed by atoms with Crippen LogP contribution in [0.1, 0.15) is 101 Å². The topological polar surface area (TPSA) is 0 Å². The molecule has 0 heteroatoms. The smallest absolute Gasteiger partial charge is 0.0190 e. The van der Waals surface area contributed by atoms with Crippen LogP contribution < -0.4 is 0 Å². The van der Waals surface area contributed by atoms with E-state index in [9.17, 15) is 0 Å². The molecule has 1 aromatic rings. The molecular weight excluding hydrogens is 228 g/mol. The Morgan fingerprint density at radius 3 is 1.42 bits per heavy atom. The van der Waals surface area contributed by atoms with Gasteiger partial charge in [0.25, 0.3) is 0 Å². The summed E-state index contributed by atoms with van der Waals surface area (Å²) in [6, 6.07) is 4.95. The van der Waals surface area contributed by atoms with Crippen molar-refractivity contribution in [3.63, 3.8) is 0 Å². The zero-order valence-electron chi connectivity index (χ0n) is 14.0. The second-order valence-corrected chi connectivity index (χ2v) is 6.25. The lowest BCUT2D eigenvalue weighted by Crippen LogP contribution is -2.06. The molecule has 3 atom stereocenters. The second-order valence-electron chi connectivity index (χ2n) is 6.25. The highest BCUT2D eigenvalue weighted by atomic mass is 14.2. The first-order chi connectivity index (χ1) is 8.96. The SMILES string of the molecule is CCC(C)c1cc(C(C)CC)c(C)c(C(C)CC)c1. The summed E-state index contributed by atoms with van der Waals surface area (Å²) in [4.78, 5) is 0. The lowest BCUT2D eigenvalue weighted by molar-refractivity contribution is 0.682. The zero-order chi connectivity index (χ0) is 14.6. The van der Waals surface area contributed by atoms with Crippen molar-refractivity contribution in [3.05, 3.63) is 34.4 Å². The van der Waals surface area contributed by atoms with Crippen molar-refractivity contribution in [3.8, 4) is 0 Å². The third-order valence-corrected chi connectivity index (χ3v) is 4.98. The van der Waals surface area contributed by atoms with Crippen LogP contribution in [0.5, 0.6) is 0 Å². The monoisotopic (exact) mass is 260 g/mol. The molecule has 0 bridgehead atoms. The number of hydrogen-bond acceptors (Lipinski definition) is 0. The number of hydrogen-bond donors (Lipinski definition) is 0. The highest BCUT2D eigenvalue weighted by Gasteiger charge is 2.16. The lowest BCUT2D eigenvalue weighted by Gasteiger charge is -2.23. The molecule has 1 rings (SSSR count). The fourth-order valence-corrected chi connectivity index (χ4v) is 2.77. The first kappa shape index (κ1) is 16.3. The average Bonchev–Trinajstić information content (AvgIpc) is 2.44. The molecule has 0 nitrogen and oxygen atoms in total. The summed E-state index contributed by atoms with van der Waals surface area (Å²) in [5.74, 6) is 2.02. The van der Waals surface area contributed by atoms with Crippen LogP contribution in [0.15, 0.2) is 12.1 Å². The molecule has 0 radical (unpaired) electrons. The summed E-state index contributed by atoms with van der Waals surface area (Å²) in [5.41, 5.74) is 6.24. The maximum Gasteiger partial charge on any atom is -0.0190 e. The summed E-state index contributed by atoms with van der Waals surface area (Å²) in [6.07, 6.45) is 3.68. The average molecular weight is 260 g/mol. The summed E-state index contributed by atoms with van der Waals surface area (Å²) in [5, 5.41) is 0. The molecule has 0 N–H and O–H groups in total. The summed E-state index contributed by atoms with van der Waals surface area (Å²) in [7, 11) is 0. The van der Waals surface area contributed by atoms with Gasteiger partial charge in [0.15, 0.2) is 0 Å². The molecule has 0 fully saturated rings. The van der Waals surface area contributed by atoms with Gasteiger partial charge in [-0.25, -0.2) is 0 Å². The molecule has 3 unspecified atom stereocenters. The first-order valence-corrected chi connectivity index (χ1v) is 8.10. The third kappa shape index (κ3) is 3.61. The first-order valence-electron chi connectivity index (χ1n) is 8.10. The molecule has 19 heavy (non-hydrogen) atoms. The van der Waals surface area contributed by atoms with Crippen LogP contribution >= 0.6 is 0 Å². The Morgan fingerprint density at radius 2 is 1.11 bits per heavy atom. The number of benzene rings is 1. The van der Waals surface area contributed by atoms with E-state index >= 15 is 0 Å². The standard InChI is InChI=1S/C19H32/c1-8-13(4)17-11-18(14(5)9-2)16(7)19(12-17)15(6)10-3/h11-15H,8-10H2,1-7H3. The predicted molar refractivity (Wildman–Crippen MR) is 87.3 cm³/mol. The molecule has 0 aliphatic rings. The van der Waals surface area contributed by atoms with Gasteiger partial charge in [0.05, 0.1) is 0 Å². The molecule has 0 saturated heterocycles. The largest absolute Gasteiger partial charge is 0.0648 e. The minimum Gasteiger partial charge on any atom is -0.0648 e. The van der Waals surface area contributed by atoms with Gasteiger partial charge in [0.1, 0.15) is 0 Å². The van der Waals surface area contributed by atoms with Gasteiger partial charge in [-0.15, -0.1) is 0 Å². The Hall–Kier alpha value is -0.780. The molecule has 108 valence electrons. The van der Waals surface area contributed by atoms with Gasteiger partial charge >= 0.3 is 0 Å². The van der Waals surface area contributed by atoms with Crippen LogP contribution in [0.2, 0.25) is 0 Å². The van der Waals surface area contributed by atoms with Gasteiger partial charge in [-0.05, 0) is 66.2 Å². The maximum atomic E-state index is 2.48. The van der Waals surface area contributed by atoms with Gasteiger partial charge in [-0.3, -0.25) is 0 Å². The normalized spacial score (nSPS) is 16.2. The fraction of sp³-hybridized carbons (Fsp3) is 0.684. The molecule has 0 aromatic heterocycles. The highest BCUT2D eigenvalue weighted by Crippen LogP contribution is 2.34. The second kappa shape index (κ2) is 7.12. The van der Waals surface area contributed by atoms with E-state index in [-0.39, 0.29) is 0 Å². The molecule has 0 aliphatic carbocycles. The van der Waals surface area contributed by atoms with Crippen LogP contribution in [0.25, 0.3) is 0 Å². The predicted octanol–water partition coefficient (Wildman–Crippen LogP) is 6.54. The lowest BCUT2D eigenvalue weighted by atomic mass is 9.82. The Bertz CT molecular complexity index is 371. The third-order valence-electron chi connectivity index (χ3n) is 4.98. The minimum atomic E-state index is 0.672. The van der Waals surface area contributed by atoms with Crippen molar-refractivity contribution in [1.82, 2.24) is 0 Å². The van der Waals surface area contributed by atoms with Gasteiger partial charge < -0.3 is 0 Å². The van der Waals surface area contributed by atoms with E-state index < -0.39 is 0 Å². The summed E-state index contributed by atoms with van der Waals surface area (Å²) in [6.45, 7) is 16.3. The minimum absolute atomic E-state index is 0.672. The zero-order valence-corrected chi connectivity index (χ0v) is 14.0. The van der Waals surface area contributed by atoms with Crippen LogP contribution in [0.3, 0.4) is 0 Å². The van der Waals surface area contributed by atoms with E-state index in [1.54, 1.807) is 16.7 Å². The molecule has 0 aliphatic heterocycles. The Balaban J connectivity index is 3.37. The van der Waals surface area contributed by atoms with Crippen molar-refractivity contribution >= 4 is 0 Å². The molecule has 0 spiro atoms. The van der Waals surface area contributed by atoms with Crippen LogP contribution in [0, 0.1) is 6.92 Å². The summed E-state index contributed by atoms with van der Waals surface area (Å²) < 4.78 is 0. The van der Waals surface area contributed by atoms with Crippen LogP contribution in [-0.2, 0) is 0 Å². The highest BCUT2D eigenvalue weighted by molar-refractivity contribution is 5.43. The maximum absolute atomic E-state index is 2.48. The van der Waals surface area contributed by atoms with E-state index in [1.807, 2.05) is 0 Å². The quantitative estimate of drug-likeness (QED) is 0.545. The van der Waals surface area contributed by atoms with E-state index in [0.717, 1.165) is 0 Å². The molecule has 0 saturated carbocycles. The van der Waals surface area contributed by atoms with E-state index in [1.165, 1.54) is 24.8 Å². The summed E-state index contributed by atoms with van der Waals surface area (Å²) >= 11 is 0. The molecule has 0 heterocycles. The van der Waals surface area contributed by atoms with Crippen molar-refractivity contribution in [2.24, 2.45) is 0 Å². The molecule has 0 amide bonds. The molecular formula is C19H32.